The minimum atomic E-state index is 0.107. The topological polar surface area (TPSA) is 38.8 Å². The minimum Gasteiger partial charge on any atom is -0.356 e. The van der Waals surface area contributed by atoms with Gasteiger partial charge in [-0.2, -0.15) is 0 Å². The van der Waals surface area contributed by atoms with Crippen molar-refractivity contribution in [2.45, 2.75) is 46.6 Å². The molecule has 1 N–H and O–H groups in total. The highest BCUT2D eigenvalue weighted by molar-refractivity contribution is 5.77. The van der Waals surface area contributed by atoms with Gasteiger partial charge in [-0.05, 0) is 38.0 Å². The number of carbonyl (C=O) groups excluding carboxylic acids is 1. The van der Waals surface area contributed by atoms with Gasteiger partial charge in [0.15, 0.2) is 0 Å². The molecule has 0 unspecified atom stereocenters. The number of piperazine rings is 1. The summed E-state index contributed by atoms with van der Waals surface area (Å²) in [5, 5.41) is 3.10. The quantitative estimate of drug-likeness (QED) is 0.755. The van der Waals surface area contributed by atoms with Crippen molar-refractivity contribution in [1.82, 2.24) is 20.0 Å². The first-order valence-corrected chi connectivity index (χ1v) is 10.3. The lowest BCUT2D eigenvalue weighted by atomic mass is 9.57. The fourth-order valence-electron chi connectivity index (χ4n) is 4.86. The van der Waals surface area contributed by atoms with Crippen LogP contribution >= 0.6 is 0 Å². The van der Waals surface area contributed by atoms with Gasteiger partial charge in [-0.15, -0.1) is 0 Å². The Morgan fingerprint density at radius 2 is 1.60 bits per heavy atom. The summed E-state index contributed by atoms with van der Waals surface area (Å²) in [6.07, 6.45) is 2.63. The zero-order valence-electron chi connectivity index (χ0n) is 16.8. The van der Waals surface area contributed by atoms with Crippen LogP contribution in [-0.4, -0.2) is 85.6 Å². The van der Waals surface area contributed by atoms with Crippen LogP contribution in [-0.2, 0) is 4.79 Å². The molecule has 5 heteroatoms. The second-order valence-electron chi connectivity index (χ2n) is 9.36. The van der Waals surface area contributed by atoms with Crippen molar-refractivity contribution in [1.29, 1.82) is 0 Å². The third-order valence-electron chi connectivity index (χ3n) is 6.52. The maximum absolute atomic E-state index is 11.7. The predicted octanol–water partition coefficient (Wildman–Crippen LogP) is 1.50. The molecule has 3 fully saturated rings. The Balaban J connectivity index is 1.24. The SMILES string of the molecule is CC(C)C(=O)NCC1CC2(C1)CN(CCN1CCN(C(C)C)CC1)C2. The van der Waals surface area contributed by atoms with Crippen LogP contribution in [0.3, 0.4) is 0 Å². The van der Waals surface area contributed by atoms with Crippen molar-refractivity contribution in [2.24, 2.45) is 17.3 Å². The molecular formula is C20H38N4O. The average molecular weight is 351 g/mol. The molecule has 0 aromatic carbocycles. The normalized spacial score (nSPS) is 25.4. The molecule has 3 aliphatic rings. The Morgan fingerprint density at radius 3 is 2.16 bits per heavy atom. The molecule has 2 heterocycles. The number of nitrogens with zero attached hydrogens (tertiary/aromatic N) is 3. The summed E-state index contributed by atoms with van der Waals surface area (Å²) in [4.78, 5) is 19.5. The second-order valence-corrected chi connectivity index (χ2v) is 9.36. The van der Waals surface area contributed by atoms with Crippen LogP contribution in [0.15, 0.2) is 0 Å². The van der Waals surface area contributed by atoms with Crippen LogP contribution in [0.2, 0.25) is 0 Å². The number of carbonyl (C=O) groups is 1. The highest BCUT2D eigenvalue weighted by Crippen LogP contribution is 2.51. The second kappa shape index (κ2) is 7.93. The standard InChI is InChI=1S/C20H38N4O/c1-16(2)19(25)21-13-18-11-20(12-18)14-23(15-20)6-5-22-7-9-24(10-8-22)17(3)4/h16-18H,5-15H2,1-4H3,(H,21,25). The molecule has 1 amide bonds. The first-order chi connectivity index (χ1) is 11.9. The van der Waals surface area contributed by atoms with Gasteiger partial charge in [0.2, 0.25) is 5.91 Å². The van der Waals surface area contributed by atoms with E-state index in [2.05, 4.69) is 33.9 Å². The number of likely N-dealkylation sites (tertiary alicyclic amines) is 1. The summed E-state index contributed by atoms with van der Waals surface area (Å²) >= 11 is 0. The summed E-state index contributed by atoms with van der Waals surface area (Å²) in [5.74, 6) is 1.03. The molecule has 2 saturated heterocycles. The van der Waals surface area contributed by atoms with E-state index in [1.54, 1.807) is 0 Å². The summed E-state index contributed by atoms with van der Waals surface area (Å²) in [5.41, 5.74) is 0.601. The van der Waals surface area contributed by atoms with E-state index in [1.165, 1.54) is 65.2 Å². The average Bonchev–Trinajstić information content (AvgIpc) is 2.51. The zero-order valence-corrected chi connectivity index (χ0v) is 16.8. The maximum atomic E-state index is 11.7. The Hall–Kier alpha value is -0.650. The van der Waals surface area contributed by atoms with Crippen LogP contribution in [0.1, 0.15) is 40.5 Å². The molecule has 5 nitrogen and oxygen atoms in total. The molecule has 3 rings (SSSR count). The third kappa shape index (κ3) is 4.75. The van der Waals surface area contributed by atoms with Crippen LogP contribution in [0, 0.1) is 17.3 Å². The third-order valence-corrected chi connectivity index (χ3v) is 6.52. The molecule has 144 valence electrons. The lowest BCUT2D eigenvalue weighted by Gasteiger charge is -2.59. The van der Waals surface area contributed by atoms with E-state index in [4.69, 9.17) is 0 Å². The highest BCUT2D eigenvalue weighted by atomic mass is 16.1. The van der Waals surface area contributed by atoms with Crippen LogP contribution in [0.5, 0.6) is 0 Å². The first-order valence-electron chi connectivity index (χ1n) is 10.3. The summed E-state index contributed by atoms with van der Waals surface area (Å²) in [6, 6.07) is 0.689. The number of rotatable bonds is 7. The molecule has 1 spiro atoms. The van der Waals surface area contributed by atoms with Gasteiger partial charge < -0.3 is 10.2 Å². The smallest absolute Gasteiger partial charge is 0.222 e. The van der Waals surface area contributed by atoms with E-state index in [0.717, 1.165) is 6.54 Å². The lowest BCUT2D eigenvalue weighted by Crippen LogP contribution is -2.64. The van der Waals surface area contributed by atoms with Crippen LogP contribution < -0.4 is 5.32 Å². The van der Waals surface area contributed by atoms with Crippen molar-refractivity contribution in [2.75, 3.05) is 58.9 Å². The predicted molar refractivity (Wildman–Crippen MR) is 103 cm³/mol. The highest BCUT2D eigenvalue weighted by Gasteiger charge is 2.51. The molecule has 0 atom stereocenters. The Kier molecular flexibility index (Phi) is 6.07. The van der Waals surface area contributed by atoms with E-state index < -0.39 is 0 Å². The van der Waals surface area contributed by atoms with Crippen molar-refractivity contribution >= 4 is 5.91 Å². The zero-order chi connectivity index (χ0) is 18.0. The van der Waals surface area contributed by atoms with Gasteiger partial charge in [0.25, 0.3) is 0 Å². The van der Waals surface area contributed by atoms with Crippen molar-refractivity contribution in [3.05, 3.63) is 0 Å². The number of amides is 1. The van der Waals surface area contributed by atoms with Crippen LogP contribution in [0.4, 0.5) is 0 Å². The fraction of sp³-hybridized carbons (Fsp3) is 0.950. The Bertz CT molecular complexity index is 443. The Morgan fingerprint density at radius 1 is 1.00 bits per heavy atom. The van der Waals surface area contributed by atoms with Gasteiger partial charge in [0.1, 0.15) is 0 Å². The molecule has 2 aliphatic heterocycles. The van der Waals surface area contributed by atoms with E-state index in [-0.39, 0.29) is 11.8 Å². The molecular weight excluding hydrogens is 312 g/mol. The van der Waals surface area contributed by atoms with Gasteiger partial charge in [-0.1, -0.05) is 13.8 Å². The molecule has 0 radical (unpaired) electrons. The molecule has 0 aromatic heterocycles. The molecule has 1 aliphatic carbocycles. The van der Waals surface area contributed by atoms with Gasteiger partial charge in [0.05, 0.1) is 0 Å². The van der Waals surface area contributed by atoms with E-state index >= 15 is 0 Å². The van der Waals surface area contributed by atoms with E-state index in [1.807, 2.05) is 13.8 Å². The van der Waals surface area contributed by atoms with Crippen molar-refractivity contribution < 1.29 is 4.79 Å². The van der Waals surface area contributed by atoms with Gasteiger partial charge >= 0.3 is 0 Å². The molecule has 1 saturated carbocycles. The number of hydrogen-bond acceptors (Lipinski definition) is 4. The van der Waals surface area contributed by atoms with E-state index in [9.17, 15) is 4.79 Å². The van der Waals surface area contributed by atoms with Gasteiger partial charge in [-0.25, -0.2) is 0 Å². The lowest BCUT2D eigenvalue weighted by molar-refractivity contribution is -0.126. The number of nitrogens with one attached hydrogen (secondary N) is 1. The van der Waals surface area contributed by atoms with Gasteiger partial charge in [-0.3, -0.25) is 14.6 Å². The number of hydrogen-bond donors (Lipinski definition) is 1. The van der Waals surface area contributed by atoms with Gasteiger partial charge in [0, 0.05) is 70.9 Å². The summed E-state index contributed by atoms with van der Waals surface area (Å²) < 4.78 is 0. The summed E-state index contributed by atoms with van der Waals surface area (Å²) in [7, 11) is 0. The van der Waals surface area contributed by atoms with Crippen molar-refractivity contribution in [3.8, 4) is 0 Å². The monoisotopic (exact) mass is 350 g/mol. The maximum Gasteiger partial charge on any atom is 0.222 e. The Labute approximate surface area is 154 Å². The minimum absolute atomic E-state index is 0.107. The largest absolute Gasteiger partial charge is 0.356 e. The molecule has 0 bridgehead atoms. The fourth-order valence-corrected chi connectivity index (χ4v) is 4.86. The summed E-state index contributed by atoms with van der Waals surface area (Å²) in [6.45, 7) is 19.4. The first kappa shape index (κ1) is 19.1. The molecule has 0 aromatic rings. The molecule has 25 heavy (non-hydrogen) atoms. The van der Waals surface area contributed by atoms with Crippen LogP contribution in [0.25, 0.3) is 0 Å². The van der Waals surface area contributed by atoms with Crippen molar-refractivity contribution in [3.63, 3.8) is 0 Å². The van der Waals surface area contributed by atoms with E-state index in [0.29, 0.717) is 17.4 Å².